The molecule has 1 aliphatic carbocycles. The highest BCUT2D eigenvalue weighted by molar-refractivity contribution is 7.86. The number of esters is 1. The number of benzene rings is 1. The topological polar surface area (TPSA) is 69.7 Å². The van der Waals surface area contributed by atoms with Crippen molar-refractivity contribution in [3.05, 3.63) is 29.8 Å². The molecule has 0 amide bonds. The fraction of sp³-hybridized carbons (Fsp3) is 0.500. The molecule has 0 aromatic heterocycles. The van der Waals surface area contributed by atoms with Gasteiger partial charge in [0.2, 0.25) is 0 Å². The lowest BCUT2D eigenvalue weighted by Crippen LogP contribution is -2.12. The number of ether oxygens (including phenoxy) is 1. The number of aryl methyl sites for hydroxylation is 1. The van der Waals surface area contributed by atoms with Gasteiger partial charge < -0.3 is 4.74 Å². The van der Waals surface area contributed by atoms with Gasteiger partial charge in [0.15, 0.2) is 0 Å². The molecule has 1 aromatic carbocycles. The molecule has 0 N–H and O–H groups in total. The number of carbonyl (C=O) groups excluding carboxylic acids is 1. The van der Waals surface area contributed by atoms with Crippen molar-refractivity contribution in [3.8, 4) is 0 Å². The van der Waals surface area contributed by atoms with Gasteiger partial charge in [-0.05, 0) is 38.3 Å². The number of carbonyl (C=O) groups is 1. The van der Waals surface area contributed by atoms with Crippen LogP contribution in [0.1, 0.15) is 18.9 Å². The first-order chi connectivity index (χ1) is 9.44. The second kappa shape index (κ2) is 5.93. The van der Waals surface area contributed by atoms with Crippen LogP contribution in [0.15, 0.2) is 29.2 Å². The molecule has 0 saturated heterocycles. The minimum atomic E-state index is -3.75. The lowest BCUT2D eigenvalue weighted by molar-refractivity contribution is -0.145. The van der Waals surface area contributed by atoms with Gasteiger partial charge in [-0.15, -0.1) is 0 Å². The van der Waals surface area contributed by atoms with Crippen LogP contribution in [0.4, 0.5) is 0 Å². The Balaban J connectivity index is 1.88. The molecule has 20 heavy (non-hydrogen) atoms. The zero-order valence-electron chi connectivity index (χ0n) is 11.5. The molecule has 0 aliphatic heterocycles. The summed E-state index contributed by atoms with van der Waals surface area (Å²) < 4.78 is 33.8. The normalized spacial score (nSPS) is 21.5. The smallest absolute Gasteiger partial charge is 0.309 e. The van der Waals surface area contributed by atoms with Crippen LogP contribution in [0.25, 0.3) is 0 Å². The molecule has 0 radical (unpaired) electrons. The third kappa shape index (κ3) is 3.58. The lowest BCUT2D eigenvalue weighted by atomic mass is 10.2. The SMILES string of the molecule is CCOC(=O)[C@@H]1C[C@H]1COS(=O)(=O)c1ccc(C)cc1. The van der Waals surface area contributed by atoms with E-state index in [2.05, 4.69) is 0 Å². The fourth-order valence-corrected chi connectivity index (χ4v) is 2.88. The van der Waals surface area contributed by atoms with Crippen molar-refractivity contribution in [2.75, 3.05) is 13.2 Å². The van der Waals surface area contributed by atoms with Gasteiger partial charge in [0.25, 0.3) is 10.1 Å². The van der Waals surface area contributed by atoms with Crippen LogP contribution in [-0.2, 0) is 23.8 Å². The molecule has 110 valence electrons. The van der Waals surface area contributed by atoms with Crippen LogP contribution in [-0.4, -0.2) is 27.6 Å². The molecule has 0 heterocycles. The minimum Gasteiger partial charge on any atom is -0.466 e. The van der Waals surface area contributed by atoms with E-state index >= 15 is 0 Å². The molecule has 0 spiro atoms. The summed E-state index contributed by atoms with van der Waals surface area (Å²) in [6.07, 6.45) is 0.627. The van der Waals surface area contributed by atoms with Gasteiger partial charge in [-0.1, -0.05) is 17.7 Å². The highest BCUT2D eigenvalue weighted by Gasteiger charge is 2.45. The summed E-state index contributed by atoms with van der Waals surface area (Å²) in [4.78, 5) is 11.6. The van der Waals surface area contributed by atoms with Crippen LogP contribution in [0.5, 0.6) is 0 Å². The monoisotopic (exact) mass is 298 g/mol. The van der Waals surface area contributed by atoms with E-state index < -0.39 is 10.1 Å². The molecule has 1 fully saturated rings. The zero-order chi connectivity index (χ0) is 14.8. The molecule has 2 atom stereocenters. The van der Waals surface area contributed by atoms with Crippen LogP contribution in [0.3, 0.4) is 0 Å². The maximum Gasteiger partial charge on any atom is 0.309 e. The van der Waals surface area contributed by atoms with Gasteiger partial charge in [-0.2, -0.15) is 8.42 Å². The summed E-state index contributed by atoms with van der Waals surface area (Å²) in [5.74, 6) is -0.550. The van der Waals surface area contributed by atoms with Crippen molar-refractivity contribution in [3.63, 3.8) is 0 Å². The van der Waals surface area contributed by atoms with Gasteiger partial charge in [0, 0.05) is 0 Å². The summed E-state index contributed by atoms with van der Waals surface area (Å²) in [7, 11) is -3.75. The number of hydrogen-bond donors (Lipinski definition) is 0. The van der Waals surface area contributed by atoms with Crippen LogP contribution in [0.2, 0.25) is 0 Å². The van der Waals surface area contributed by atoms with Crippen LogP contribution < -0.4 is 0 Å². The molecule has 0 unspecified atom stereocenters. The Labute approximate surface area is 119 Å². The van der Waals surface area contributed by atoms with E-state index in [0.717, 1.165) is 5.56 Å². The maximum atomic E-state index is 11.9. The summed E-state index contributed by atoms with van der Waals surface area (Å²) in [5, 5.41) is 0. The largest absolute Gasteiger partial charge is 0.466 e. The minimum absolute atomic E-state index is 0.0275. The van der Waals surface area contributed by atoms with Crippen molar-refractivity contribution >= 4 is 16.1 Å². The Morgan fingerprint density at radius 1 is 1.30 bits per heavy atom. The third-order valence-corrected chi connectivity index (χ3v) is 4.55. The Morgan fingerprint density at radius 3 is 2.55 bits per heavy atom. The first kappa shape index (κ1) is 15.0. The van der Waals surface area contributed by atoms with Gasteiger partial charge in [-0.25, -0.2) is 0 Å². The number of hydrogen-bond acceptors (Lipinski definition) is 5. The van der Waals surface area contributed by atoms with E-state index in [1.807, 2.05) is 6.92 Å². The highest BCUT2D eigenvalue weighted by atomic mass is 32.2. The predicted octanol–water partition coefficient (Wildman–Crippen LogP) is 1.90. The van der Waals surface area contributed by atoms with E-state index in [4.69, 9.17) is 8.92 Å². The van der Waals surface area contributed by atoms with Crippen molar-refractivity contribution in [2.24, 2.45) is 11.8 Å². The summed E-state index contributed by atoms with van der Waals surface area (Å²) >= 11 is 0. The molecule has 1 saturated carbocycles. The van der Waals surface area contributed by atoms with Gasteiger partial charge in [-0.3, -0.25) is 8.98 Å². The Bertz CT molecular complexity index is 576. The van der Waals surface area contributed by atoms with Crippen LogP contribution >= 0.6 is 0 Å². The fourth-order valence-electron chi connectivity index (χ4n) is 1.92. The van der Waals surface area contributed by atoms with Crippen LogP contribution in [0, 0.1) is 18.8 Å². The Hall–Kier alpha value is -1.40. The number of rotatable bonds is 6. The van der Waals surface area contributed by atoms with Crippen molar-refractivity contribution in [2.45, 2.75) is 25.2 Å². The Morgan fingerprint density at radius 2 is 1.95 bits per heavy atom. The van der Waals surface area contributed by atoms with E-state index in [1.54, 1.807) is 19.1 Å². The molecule has 1 aliphatic rings. The third-order valence-electron chi connectivity index (χ3n) is 3.26. The summed E-state index contributed by atoms with van der Waals surface area (Å²) in [6.45, 7) is 3.99. The van der Waals surface area contributed by atoms with E-state index in [-0.39, 0.29) is 29.3 Å². The molecular formula is C14H18O5S. The van der Waals surface area contributed by atoms with Crippen molar-refractivity contribution in [1.82, 2.24) is 0 Å². The lowest BCUT2D eigenvalue weighted by Gasteiger charge is -2.05. The second-order valence-electron chi connectivity index (χ2n) is 4.91. The molecule has 6 heteroatoms. The van der Waals surface area contributed by atoms with Crippen molar-refractivity contribution in [1.29, 1.82) is 0 Å². The maximum absolute atomic E-state index is 11.9. The molecule has 5 nitrogen and oxygen atoms in total. The highest BCUT2D eigenvalue weighted by Crippen LogP contribution is 2.40. The van der Waals surface area contributed by atoms with E-state index in [1.165, 1.54) is 12.1 Å². The van der Waals surface area contributed by atoms with E-state index in [9.17, 15) is 13.2 Å². The molecule has 2 rings (SSSR count). The summed E-state index contributed by atoms with van der Waals surface area (Å²) in [6, 6.07) is 6.46. The summed E-state index contributed by atoms with van der Waals surface area (Å²) in [5.41, 5.74) is 0.980. The average Bonchev–Trinajstić information content (AvgIpc) is 3.17. The quantitative estimate of drug-likeness (QED) is 0.592. The van der Waals surface area contributed by atoms with Crippen molar-refractivity contribution < 1.29 is 22.1 Å². The predicted molar refractivity (Wildman–Crippen MR) is 72.5 cm³/mol. The Kier molecular flexibility index (Phi) is 4.45. The van der Waals surface area contributed by atoms with Gasteiger partial charge in [0.05, 0.1) is 24.0 Å². The van der Waals surface area contributed by atoms with E-state index in [0.29, 0.717) is 13.0 Å². The first-order valence-corrected chi connectivity index (χ1v) is 7.97. The van der Waals surface area contributed by atoms with Gasteiger partial charge in [0.1, 0.15) is 0 Å². The second-order valence-corrected chi connectivity index (χ2v) is 6.52. The zero-order valence-corrected chi connectivity index (χ0v) is 12.4. The molecule has 1 aromatic rings. The molecule has 0 bridgehead atoms. The average molecular weight is 298 g/mol. The van der Waals surface area contributed by atoms with Gasteiger partial charge >= 0.3 is 5.97 Å². The molecular weight excluding hydrogens is 280 g/mol. The standard InChI is InChI=1S/C14H18O5S/c1-3-18-14(15)13-8-11(13)9-19-20(16,17)12-6-4-10(2)5-7-12/h4-7,11,13H,3,8-9H2,1-2H3/t11-,13+/m0/s1. The first-order valence-electron chi connectivity index (χ1n) is 6.56.